The van der Waals surface area contributed by atoms with Crippen molar-refractivity contribution in [3.05, 3.63) is 24.8 Å². The molecule has 0 bridgehead atoms. The molecule has 0 aromatic carbocycles. The summed E-state index contributed by atoms with van der Waals surface area (Å²) in [6.45, 7) is 1.91. The first-order valence-electron chi connectivity index (χ1n) is 17.4. The van der Waals surface area contributed by atoms with E-state index in [9.17, 15) is 67.4 Å². The first kappa shape index (κ1) is 50.5. The Labute approximate surface area is 339 Å². The van der Waals surface area contributed by atoms with Gasteiger partial charge in [-0.25, -0.2) is 33.0 Å². The third-order valence-electron chi connectivity index (χ3n) is 8.06. The van der Waals surface area contributed by atoms with Crippen molar-refractivity contribution >= 4 is 69.1 Å². The molecule has 25 nitrogen and oxygen atoms in total. The highest BCUT2D eigenvalue weighted by atomic mass is 32.2. The van der Waals surface area contributed by atoms with Crippen molar-refractivity contribution < 1.29 is 90.0 Å². The molecule has 1 aliphatic heterocycles. The van der Waals surface area contributed by atoms with Gasteiger partial charge < -0.3 is 56.0 Å². The lowest BCUT2D eigenvalue weighted by molar-refractivity contribution is -0.137. The van der Waals surface area contributed by atoms with Gasteiger partial charge in [-0.2, -0.15) is 4.31 Å². The monoisotopic (exact) mass is 925 g/mol. The third kappa shape index (κ3) is 15.6. The van der Waals surface area contributed by atoms with Gasteiger partial charge in [-0.15, -0.1) is 0 Å². The van der Waals surface area contributed by atoms with Gasteiger partial charge in [-0.3, -0.25) is 32.5 Å². The van der Waals surface area contributed by atoms with Gasteiger partial charge in [0.25, 0.3) is 0 Å². The molecule has 1 aliphatic rings. The Morgan fingerprint density at radius 1 is 1.08 bits per heavy atom. The number of amides is 2. The molecule has 0 aliphatic carbocycles. The van der Waals surface area contributed by atoms with Gasteiger partial charge in [-0.1, -0.05) is 51.1 Å². The normalized spacial score (nSPS) is 22.4. The summed E-state index contributed by atoms with van der Waals surface area (Å²) in [6, 6.07) is 0. The number of unbranched alkanes of at least 4 members (excludes halogenated alkanes) is 1. The molecular formula is C29H47FN7O18P3S. The number of aromatic nitrogens is 4. The second kappa shape index (κ2) is 21.8. The topological polar surface area (TPSA) is 384 Å². The molecule has 1 saturated heterocycles. The van der Waals surface area contributed by atoms with Crippen LogP contribution in [0.25, 0.3) is 11.2 Å². The Balaban J connectivity index is 1.46. The molecule has 30 heteroatoms. The van der Waals surface area contributed by atoms with Crippen molar-refractivity contribution in [1.82, 2.24) is 30.2 Å². The summed E-state index contributed by atoms with van der Waals surface area (Å²) in [5, 5.41) is 35.0. The summed E-state index contributed by atoms with van der Waals surface area (Å²) in [7, 11) is -16.5. The molecule has 0 spiro atoms. The molecule has 3 heterocycles. The van der Waals surface area contributed by atoms with Crippen molar-refractivity contribution in [3.63, 3.8) is 0 Å². The summed E-state index contributed by atoms with van der Waals surface area (Å²) in [5.74, 6) is -1.67. The number of fused-ring (bicyclic) bond motifs is 1. The highest BCUT2D eigenvalue weighted by Crippen LogP contribution is 2.61. The minimum atomic E-state index is -5.60. The number of hydrogen-bond donors (Lipinski definition) is 10. The van der Waals surface area contributed by atoms with Gasteiger partial charge in [0.1, 0.15) is 42.4 Å². The van der Waals surface area contributed by atoms with Crippen LogP contribution in [0.15, 0.2) is 24.8 Å². The summed E-state index contributed by atoms with van der Waals surface area (Å²) in [5.41, 5.74) is 4.18. The summed E-state index contributed by atoms with van der Waals surface area (Å²) < 4.78 is 76.1. The van der Waals surface area contributed by atoms with Gasteiger partial charge >= 0.3 is 23.5 Å². The Morgan fingerprint density at radius 2 is 1.76 bits per heavy atom. The zero-order valence-electron chi connectivity index (χ0n) is 31.6. The van der Waals surface area contributed by atoms with E-state index in [-0.39, 0.29) is 42.2 Å². The van der Waals surface area contributed by atoms with E-state index in [4.69, 9.17) is 19.5 Å². The molecule has 59 heavy (non-hydrogen) atoms. The minimum Gasteiger partial charge on any atom is -0.386 e. The lowest BCUT2D eigenvalue weighted by Gasteiger charge is -2.30. The van der Waals surface area contributed by atoms with Gasteiger partial charge in [0, 0.05) is 30.7 Å². The number of ether oxygens (including phenoxy) is 1. The number of phosphoric acid groups is 3. The van der Waals surface area contributed by atoms with E-state index in [1.54, 1.807) is 6.08 Å². The van der Waals surface area contributed by atoms with Gasteiger partial charge in [0.15, 0.2) is 23.9 Å². The van der Waals surface area contributed by atoms with E-state index in [1.807, 2.05) is 6.92 Å². The number of hydrogen-bond acceptors (Lipinski definition) is 19. The molecule has 2 aromatic rings. The highest BCUT2D eigenvalue weighted by Gasteiger charge is 2.50. The van der Waals surface area contributed by atoms with E-state index in [0.717, 1.165) is 23.6 Å². The number of nitrogens with zero attached hydrogens (tertiary/aromatic N) is 4. The Bertz CT molecular complexity index is 1940. The van der Waals surface area contributed by atoms with E-state index in [2.05, 4.69) is 34.4 Å². The van der Waals surface area contributed by atoms with Crippen LogP contribution in [0.3, 0.4) is 0 Å². The largest absolute Gasteiger partial charge is 0.481 e. The van der Waals surface area contributed by atoms with E-state index >= 15 is 0 Å². The smallest absolute Gasteiger partial charge is 0.386 e. The van der Waals surface area contributed by atoms with Crippen LogP contribution >= 0.6 is 35.2 Å². The number of imidazole rings is 1. The van der Waals surface area contributed by atoms with Crippen LogP contribution in [0.5, 0.6) is 0 Å². The average Bonchev–Trinajstić information content (AvgIpc) is 3.70. The molecule has 11 N–H and O–H groups in total. The summed E-state index contributed by atoms with van der Waals surface area (Å²) >= 11 is 0.577. The molecule has 9 atom stereocenters. The zero-order valence-corrected chi connectivity index (χ0v) is 35.1. The summed E-state index contributed by atoms with van der Waals surface area (Å²) in [4.78, 5) is 87.5. The summed E-state index contributed by atoms with van der Waals surface area (Å²) in [6.07, 6.45) is -6.75. The van der Waals surface area contributed by atoms with Crippen LogP contribution < -0.4 is 16.4 Å². The lowest BCUT2D eigenvalue weighted by atomic mass is 9.87. The van der Waals surface area contributed by atoms with Gasteiger partial charge in [0.2, 0.25) is 16.9 Å². The first-order chi connectivity index (χ1) is 27.4. The number of alkyl halides is 1. The van der Waals surface area contributed by atoms with Crippen molar-refractivity contribution in [1.29, 1.82) is 0 Å². The third-order valence-corrected chi connectivity index (χ3v) is 12.1. The number of thioether (sulfide) groups is 1. The zero-order chi connectivity index (χ0) is 44.3. The molecule has 4 unspecified atom stereocenters. The molecule has 1 fully saturated rings. The Kier molecular flexibility index (Phi) is 18.7. The molecule has 2 aromatic heterocycles. The number of rotatable bonds is 24. The SMILES string of the molecule is CCC/C=C/C(O)C(F)C(=O)SCCNC(=O)CCNC(=O)[C@H](O)C(C)(C)COP(=O)(O)OP(=O)(O)OC[C@H]1O[C@@H](n2cnc3c(N)ncnc32)[C@H](O)[C@@H]1OP(=O)(O)O. The van der Waals surface area contributed by atoms with Crippen LogP contribution in [0, 0.1) is 5.41 Å². The maximum Gasteiger partial charge on any atom is 0.481 e. The number of aliphatic hydroxyl groups excluding tert-OH is 3. The lowest BCUT2D eigenvalue weighted by Crippen LogP contribution is -2.46. The number of nitrogen functional groups attached to an aromatic ring is 1. The number of carbonyl (C=O) groups is 3. The van der Waals surface area contributed by atoms with Crippen molar-refractivity contribution in [3.8, 4) is 0 Å². The Morgan fingerprint density at radius 3 is 2.42 bits per heavy atom. The van der Waals surface area contributed by atoms with Crippen LogP contribution in [-0.2, 0) is 50.7 Å². The van der Waals surface area contributed by atoms with E-state index in [1.165, 1.54) is 19.9 Å². The van der Waals surface area contributed by atoms with Gasteiger partial charge in [0.05, 0.1) is 19.5 Å². The molecule has 0 radical (unpaired) electrons. The van der Waals surface area contributed by atoms with Gasteiger partial charge in [-0.05, 0) is 6.42 Å². The second-order valence-corrected chi connectivity index (χ2v) is 18.7. The van der Waals surface area contributed by atoms with Crippen LogP contribution in [-0.4, -0.2) is 140 Å². The van der Waals surface area contributed by atoms with E-state index < -0.39 is 102 Å². The number of carbonyl (C=O) groups excluding carboxylic acids is 3. The average molecular weight is 926 g/mol. The predicted octanol–water partition coefficient (Wildman–Crippen LogP) is -0.280. The standard InChI is InChI=1S/C29H47FN7O18P3S/c1-4-5-6-7-16(38)19(30)28(43)59-11-10-32-18(39)8-9-33-26(42)23(41)29(2,3)13-52-58(49,50)55-57(47,48)51-12-17-22(54-56(44,45)46)21(40)27(53-17)37-15-36-20-24(31)34-14-35-25(20)37/h6-7,14-17,19,21-23,27,38,40-41H,4-5,8-13H2,1-3H3,(H,32,39)(H,33,42)(H,47,48)(H,49,50)(H2,31,34,35)(H2,44,45,46)/b7-6+/t16?,17-,19?,21-,22-,23+,27-/m1/s1. The Hall–Kier alpha value is -2.81. The number of anilines is 1. The first-order valence-corrected chi connectivity index (χ1v) is 22.9. The maximum absolute atomic E-state index is 14.1. The maximum atomic E-state index is 14.1. The van der Waals surface area contributed by atoms with Crippen LogP contribution in [0.4, 0.5) is 10.2 Å². The second-order valence-electron chi connectivity index (χ2n) is 13.3. The molecule has 0 saturated carbocycles. The minimum absolute atomic E-state index is 0.00193. The van der Waals surface area contributed by atoms with Crippen molar-refractivity contribution in [2.75, 3.05) is 37.8 Å². The molecule has 334 valence electrons. The quantitative estimate of drug-likeness (QED) is 0.0368. The molecule has 2 amide bonds. The number of aliphatic hydroxyl groups is 3. The highest BCUT2D eigenvalue weighted by molar-refractivity contribution is 8.13. The fourth-order valence-corrected chi connectivity index (χ4v) is 8.53. The van der Waals surface area contributed by atoms with Crippen LogP contribution in [0.2, 0.25) is 0 Å². The van der Waals surface area contributed by atoms with Crippen molar-refractivity contribution in [2.45, 2.75) is 83.0 Å². The number of halogens is 1. The van der Waals surface area contributed by atoms with Crippen molar-refractivity contribution in [2.24, 2.45) is 5.41 Å². The number of phosphoric ester groups is 3. The molecule has 3 rings (SSSR count). The van der Waals surface area contributed by atoms with Crippen LogP contribution in [0.1, 0.15) is 46.3 Å². The van der Waals surface area contributed by atoms with E-state index in [0.29, 0.717) is 18.2 Å². The fourth-order valence-electron chi connectivity index (χ4n) is 5.00. The predicted molar refractivity (Wildman–Crippen MR) is 202 cm³/mol. The molecular weight excluding hydrogens is 878 g/mol. The number of nitrogens with one attached hydrogen (secondary N) is 2. The number of allylic oxidation sites excluding steroid dienone is 1. The fraction of sp³-hybridized carbons (Fsp3) is 0.655. The number of nitrogens with two attached hydrogens (primary N) is 1.